The van der Waals surface area contributed by atoms with E-state index >= 15 is 0 Å². The molecule has 0 radical (unpaired) electrons. The molecule has 0 aliphatic heterocycles. The quantitative estimate of drug-likeness (QED) is 0.620. The average Bonchev–Trinajstić information content (AvgIpc) is 2.66. The van der Waals surface area contributed by atoms with E-state index in [9.17, 15) is 18.4 Å². The van der Waals surface area contributed by atoms with Gasteiger partial charge in [-0.3, -0.25) is 9.59 Å². The van der Waals surface area contributed by atoms with Crippen LogP contribution in [-0.4, -0.2) is 36.5 Å². The number of alkyl halides is 2. The first kappa shape index (κ1) is 22.0. The van der Waals surface area contributed by atoms with Gasteiger partial charge in [-0.05, 0) is 54.8 Å². The van der Waals surface area contributed by atoms with E-state index < -0.39 is 24.5 Å². The largest absolute Gasteiger partial charge is 0.435 e. The monoisotopic (exact) mass is 428 g/mol. The zero-order valence-corrected chi connectivity index (χ0v) is 16.5. The molecule has 0 aliphatic carbocycles. The van der Waals surface area contributed by atoms with E-state index in [1.54, 1.807) is 36.0 Å². The van der Waals surface area contributed by atoms with Gasteiger partial charge in [0, 0.05) is 5.69 Å². The maximum atomic E-state index is 12.6. The van der Waals surface area contributed by atoms with Crippen molar-refractivity contribution in [2.24, 2.45) is 0 Å². The summed E-state index contributed by atoms with van der Waals surface area (Å²) in [4.78, 5) is 25.1. The molecule has 150 valence electrons. The predicted molar refractivity (Wildman–Crippen MR) is 107 cm³/mol. The lowest BCUT2D eigenvalue weighted by Gasteiger charge is -2.19. The molecule has 5 nitrogen and oxygen atoms in total. The Labute approximate surface area is 170 Å². The second-order valence-electron chi connectivity index (χ2n) is 5.68. The van der Waals surface area contributed by atoms with Gasteiger partial charge in [0.25, 0.3) is 5.91 Å². The molecule has 9 heteroatoms. The smallest absolute Gasteiger partial charge is 0.387 e. The van der Waals surface area contributed by atoms with Gasteiger partial charge in [0.05, 0.1) is 10.6 Å². The van der Waals surface area contributed by atoms with Crippen molar-refractivity contribution in [3.05, 3.63) is 59.1 Å². The standard InChI is InChI=1S/C19H19ClF2N2O3S/c1-28-11-10-16(24-17(25)14-4-2-3-5-15(14)20)18(26)23-12-6-8-13(9-7-12)27-19(21)22/h2-9,16,19H,10-11H2,1H3,(H,23,26)(H,24,25). The Kier molecular flexibility index (Phi) is 8.53. The van der Waals surface area contributed by atoms with E-state index in [1.807, 2.05) is 6.26 Å². The number of ether oxygens (including phenoxy) is 1. The minimum Gasteiger partial charge on any atom is -0.435 e. The molecule has 0 spiro atoms. The molecule has 1 atom stereocenters. The molecule has 0 saturated carbocycles. The van der Waals surface area contributed by atoms with Gasteiger partial charge in [0.15, 0.2) is 0 Å². The number of carbonyl (C=O) groups excluding carboxylic acids is 2. The van der Waals surface area contributed by atoms with E-state index in [-0.39, 0.29) is 11.3 Å². The van der Waals surface area contributed by atoms with Crippen LogP contribution >= 0.6 is 23.4 Å². The lowest BCUT2D eigenvalue weighted by Crippen LogP contribution is -2.44. The number of halogens is 3. The summed E-state index contributed by atoms with van der Waals surface area (Å²) in [5.74, 6) is -0.231. The Balaban J connectivity index is 2.06. The summed E-state index contributed by atoms with van der Waals surface area (Å²) >= 11 is 7.58. The highest BCUT2D eigenvalue weighted by atomic mass is 35.5. The summed E-state index contributed by atoms with van der Waals surface area (Å²) in [6, 6.07) is 11.3. The Morgan fingerprint density at radius 2 is 1.82 bits per heavy atom. The van der Waals surface area contributed by atoms with Crippen molar-refractivity contribution < 1.29 is 23.1 Å². The Morgan fingerprint density at radius 3 is 2.43 bits per heavy atom. The molecule has 2 aromatic carbocycles. The van der Waals surface area contributed by atoms with Gasteiger partial charge < -0.3 is 15.4 Å². The summed E-state index contributed by atoms with van der Waals surface area (Å²) in [6.07, 6.45) is 2.31. The average molecular weight is 429 g/mol. The molecule has 0 heterocycles. The second-order valence-corrected chi connectivity index (χ2v) is 7.07. The lowest BCUT2D eigenvalue weighted by molar-refractivity contribution is -0.118. The van der Waals surface area contributed by atoms with Gasteiger partial charge >= 0.3 is 6.61 Å². The van der Waals surface area contributed by atoms with Crippen LogP contribution in [0.1, 0.15) is 16.8 Å². The number of hydrogen-bond donors (Lipinski definition) is 2. The van der Waals surface area contributed by atoms with E-state index in [1.165, 1.54) is 24.3 Å². The second kappa shape index (κ2) is 10.9. The van der Waals surface area contributed by atoms with Crippen molar-refractivity contribution in [3.8, 4) is 5.75 Å². The van der Waals surface area contributed by atoms with Crippen LogP contribution < -0.4 is 15.4 Å². The molecule has 0 aliphatic rings. The van der Waals surface area contributed by atoms with Crippen LogP contribution in [-0.2, 0) is 4.79 Å². The summed E-state index contributed by atoms with van der Waals surface area (Å²) < 4.78 is 28.7. The minimum atomic E-state index is -2.92. The van der Waals surface area contributed by atoms with Crippen LogP contribution in [0.3, 0.4) is 0 Å². The minimum absolute atomic E-state index is 0.0149. The van der Waals surface area contributed by atoms with Crippen LogP contribution in [0.2, 0.25) is 5.02 Å². The van der Waals surface area contributed by atoms with Crippen LogP contribution in [0.15, 0.2) is 48.5 Å². The molecule has 1 unspecified atom stereocenters. The number of hydrogen-bond acceptors (Lipinski definition) is 4. The number of carbonyl (C=O) groups is 2. The van der Waals surface area contributed by atoms with E-state index in [0.29, 0.717) is 22.9 Å². The fourth-order valence-corrected chi connectivity index (χ4v) is 3.03. The highest BCUT2D eigenvalue weighted by Gasteiger charge is 2.22. The molecule has 0 aromatic heterocycles. The molecule has 2 rings (SSSR count). The topological polar surface area (TPSA) is 67.4 Å². The third kappa shape index (κ3) is 6.69. The number of rotatable bonds is 9. The summed E-state index contributed by atoms with van der Waals surface area (Å²) in [5.41, 5.74) is 0.673. The molecule has 2 amide bonds. The zero-order chi connectivity index (χ0) is 20.5. The number of thioether (sulfide) groups is 1. The van der Waals surface area contributed by atoms with Crippen LogP contribution in [0.25, 0.3) is 0 Å². The molecular weight excluding hydrogens is 410 g/mol. The van der Waals surface area contributed by atoms with Crippen molar-refractivity contribution in [3.63, 3.8) is 0 Å². The van der Waals surface area contributed by atoms with Gasteiger partial charge in [-0.15, -0.1) is 0 Å². The molecule has 0 bridgehead atoms. The fraction of sp³-hybridized carbons (Fsp3) is 0.263. The van der Waals surface area contributed by atoms with Crippen LogP contribution in [0.4, 0.5) is 14.5 Å². The molecule has 2 N–H and O–H groups in total. The SMILES string of the molecule is CSCCC(NC(=O)c1ccccc1Cl)C(=O)Nc1ccc(OC(F)F)cc1. The first-order valence-electron chi connectivity index (χ1n) is 8.30. The number of anilines is 1. The van der Waals surface area contributed by atoms with Crippen molar-refractivity contribution in [1.29, 1.82) is 0 Å². The van der Waals surface area contributed by atoms with Crippen LogP contribution in [0, 0.1) is 0 Å². The Hall–Kier alpha value is -2.32. The van der Waals surface area contributed by atoms with Crippen LogP contribution in [0.5, 0.6) is 5.75 Å². The van der Waals surface area contributed by atoms with Gasteiger partial charge in [-0.2, -0.15) is 20.5 Å². The Morgan fingerprint density at radius 1 is 1.14 bits per heavy atom. The molecule has 0 fully saturated rings. The van der Waals surface area contributed by atoms with Gasteiger partial charge in [0.1, 0.15) is 11.8 Å². The summed E-state index contributed by atoms with van der Waals surface area (Å²) in [7, 11) is 0. The van der Waals surface area contributed by atoms with Gasteiger partial charge in [0.2, 0.25) is 5.91 Å². The van der Waals surface area contributed by atoms with Crippen molar-refractivity contribution in [1.82, 2.24) is 5.32 Å². The zero-order valence-electron chi connectivity index (χ0n) is 15.0. The van der Waals surface area contributed by atoms with Gasteiger partial charge in [-0.25, -0.2) is 0 Å². The summed E-state index contributed by atoms with van der Waals surface area (Å²) in [6.45, 7) is -2.92. The van der Waals surface area contributed by atoms with Gasteiger partial charge in [-0.1, -0.05) is 23.7 Å². The number of nitrogens with one attached hydrogen (secondary N) is 2. The highest BCUT2D eigenvalue weighted by Crippen LogP contribution is 2.19. The maximum Gasteiger partial charge on any atom is 0.387 e. The third-order valence-electron chi connectivity index (χ3n) is 3.70. The highest BCUT2D eigenvalue weighted by molar-refractivity contribution is 7.98. The molecule has 2 aromatic rings. The number of amides is 2. The van der Waals surface area contributed by atoms with Crippen molar-refractivity contribution in [2.45, 2.75) is 19.1 Å². The molecule has 0 saturated heterocycles. The van der Waals surface area contributed by atoms with E-state index in [0.717, 1.165) is 0 Å². The van der Waals surface area contributed by atoms with E-state index in [2.05, 4.69) is 15.4 Å². The fourth-order valence-electron chi connectivity index (χ4n) is 2.33. The lowest BCUT2D eigenvalue weighted by atomic mass is 10.1. The first-order valence-corrected chi connectivity index (χ1v) is 10.1. The molecular formula is C19H19ClF2N2O3S. The molecule has 28 heavy (non-hydrogen) atoms. The predicted octanol–water partition coefficient (Wildman–Crippen LogP) is 4.43. The maximum absolute atomic E-state index is 12.6. The van der Waals surface area contributed by atoms with Crippen molar-refractivity contribution in [2.75, 3.05) is 17.3 Å². The third-order valence-corrected chi connectivity index (χ3v) is 4.67. The van der Waals surface area contributed by atoms with Crippen molar-refractivity contribution >= 4 is 40.9 Å². The summed E-state index contributed by atoms with van der Waals surface area (Å²) in [5, 5.41) is 5.65. The normalized spacial score (nSPS) is 11.8. The Bertz CT molecular complexity index is 806. The first-order chi connectivity index (χ1) is 13.4. The van der Waals surface area contributed by atoms with E-state index in [4.69, 9.17) is 11.6 Å². The number of benzene rings is 2.